The third-order valence-electron chi connectivity index (χ3n) is 7.26. The van der Waals surface area contributed by atoms with Gasteiger partial charge in [-0.1, -0.05) is 80.6 Å². The van der Waals surface area contributed by atoms with E-state index in [1.807, 2.05) is 6.07 Å². The van der Waals surface area contributed by atoms with Gasteiger partial charge in [-0.3, -0.25) is 23.7 Å². The van der Waals surface area contributed by atoms with Crippen molar-refractivity contribution in [2.45, 2.75) is 78.3 Å². The molecular weight excluding hydrogens is 661 g/mol. The lowest BCUT2D eigenvalue weighted by molar-refractivity contribution is -0.156. The first kappa shape index (κ1) is 39.6. The quantitative estimate of drug-likeness (QED) is 0.146. The highest BCUT2D eigenvalue weighted by Crippen LogP contribution is 2.44. The van der Waals surface area contributed by atoms with Gasteiger partial charge in [0.15, 0.2) is 5.78 Å². The van der Waals surface area contributed by atoms with Gasteiger partial charge in [0.25, 0.3) is 7.37 Å². The fourth-order valence-corrected chi connectivity index (χ4v) is 6.72. The van der Waals surface area contributed by atoms with Crippen LogP contribution in [-0.4, -0.2) is 60.0 Å². The predicted molar refractivity (Wildman–Crippen MR) is 189 cm³/mol. The molecule has 13 heteroatoms. The van der Waals surface area contributed by atoms with E-state index in [1.165, 1.54) is 6.92 Å². The van der Waals surface area contributed by atoms with Gasteiger partial charge in [0.1, 0.15) is 36.9 Å². The van der Waals surface area contributed by atoms with Gasteiger partial charge in [0.05, 0.1) is 6.42 Å². The number of hydrogen-bond donors (Lipinski definition) is 3. The van der Waals surface area contributed by atoms with E-state index < -0.39 is 73.8 Å². The lowest BCUT2D eigenvalue weighted by Gasteiger charge is -2.26. The normalized spacial score (nSPS) is 13.3. The molecule has 12 nitrogen and oxygen atoms in total. The molecule has 3 amide bonds. The maximum atomic E-state index is 14.3. The number of carbonyl (C=O) groups is 5. The van der Waals surface area contributed by atoms with E-state index in [0.717, 1.165) is 5.56 Å². The van der Waals surface area contributed by atoms with Crippen LogP contribution in [0.4, 0.5) is 4.79 Å². The number of esters is 1. The fraction of sp³-hybridized carbons (Fsp3) is 0.378. The van der Waals surface area contributed by atoms with Crippen LogP contribution >= 0.6 is 7.37 Å². The zero-order valence-electron chi connectivity index (χ0n) is 29.2. The van der Waals surface area contributed by atoms with E-state index in [2.05, 4.69) is 16.0 Å². The summed E-state index contributed by atoms with van der Waals surface area (Å²) in [6.07, 6.45) is -1.36. The summed E-state index contributed by atoms with van der Waals surface area (Å²) in [5.74, 6) is -3.33. The van der Waals surface area contributed by atoms with Crippen LogP contribution in [0.5, 0.6) is 0 Å². The van der Waals surface area contributed by atoms with E-state index in [-0.39, 0.29) is 12.5 Å². The molecule has 0 radical (unpaired) electrons. The number of ether oxygens (including phenoxy) is 2. The highest BCUT2D eigenvalue weighted by atomic mass is 31.2. The van der Waals surface area contributed by atoms with Gasteiger partial charge < -0.3 is 29.9 Å². The Labute approximate surface area is 293 Å². The molecule has 0 spiro atoms. The van der Waals surface area contributed by atoms with Crippen molar-refractivity contribution < 1.29 is 42.5 Å². The number of ketones is 1. The maximum absolute atomic E-state index is 14.3. The smallest absolute Gasteiger partial charge is 0.408 e. The van der Waals surface area contributed by atoms with Gasteiger partial charge in [-0.25, -0.2) is 4.79 Å². The number of carbonyl (C=O) groups excluding carboxylic acids is 5. The summed E-state index contributed by atoms with van der Waals surface area (Å²) in [6, 6.07) is 22.2. The second kappa shape index (κ2) is 18.3. The second-order valence-electron chi connectivity index (χ2n) is 13.0. The van der Waals surface area contributed by atoms with Crippen LogP contribution in [0.15, 0.2) is 91.0 Å². The maximum Gasteiger partial charge on any atom is 0.408 e. The summed E-state index contributed by atoms with van der Waals surface area (Å²) in [4.78, 5) is 65.4. The van der Waals surface area contributed by atoms with E-state index >= 15 is 0 Å². The Morgan fingerprint density at radius 3 is 1.74 bits per heavy atom. The van der Waals surface area contributed by atoms with Crippen molar-refractivity contribution in [3.05, 3.63) is 96.6 Å². The standard InChI is InChI=1S/C37H46N3O9P/c1-25(2)33(40-36(45)47-23-27-16-10-7-11-17-27)35(44)38-26(3)34(43)39-30(22-32(42)49-37(4,5)6)31(41)24-48-50(46,28-18-12-8-13-19-28)29-20-14-9-15-21-29/h7-21,25-26,30,33H,22-24H2,1-6H3,(H,38,44)(H,39,43)(H,40,45)/t26-,30-,33-/m0/s1. The number of nitrogens with one attached hydrogen (secondary N) is 3. The molecule has 0 saturated heterocycles. The Hall–Kier alpha value is -4.80. The molecule has 0 fully saturated rings. The predicted octanol–water partition coefficient (Wildman–Crippen LogP) is 4.17. The first-order valence-corrected chi connectivity index (χ1v) is 17.9. The Kier molecular flexibility index (Phi) is 14.5. The second-order valence-corrected chi connectivity index (χ2v) is 15.4. The molecule has 3 N–H and O–H groups in total. The third kappa shape index (κ3) is 12.3. The molecule has 0 aliphatic heterocycles. The number of alkyl carbamates (subject to hydrolysis) is 1. The van der Waals surface area contributed by atoms with Crippen molar-refractivity contribution in [1.82, 2.24) is 16.0 Å². The average molecular weight is 708 g/mol. The number of hydrogen-bond acceptors (Lipinski definition) is 9. The largest absolute Gasteiger partial charge is 0.460 e. The van der Waals surface area contributed by atoms with Crippen molar-refractivity contribution in [3.8, 4) is 0 Å². The Morgan fingerprint density at radius 1 is 0.720 bits per heavy atom. The summed E-state index contributed by atoms with van der Waals surface area (Å²) in [7, 11) is -3.76. The van der Waals surface area contributed by atoms with E-state index in [1.54, 1.807) is 120 Å². The molecule has 0 heterocycles. The van der Waals surface area contributed by atoms with E-state index in [9.17, 15) is 28.5 Å². The Bertz CT molecular complexity index is 1600. The van der Waals surface area contributed by atoms with Crippen molar-refractivity contribution in [3.63, 3.8) is 0 Å². The van der Waals surface area contributed by atoms with Gasteiger partial charge in [-0.2, -0.15) is 0 Å². The molecule has 50 heavy (non-hydrogen) atoms. The molecule has 0 aromatic heterocycles. The van der Waals surface area contributed by atoms with E-state index in [4.69, 9.17) is 14.0 Å². The summed E-state index contributed by atoms with van der Waals surface area (Å²) < 4.78 is 30.8. The highest BCUT2D eigenvalue weighted by Gasteiger charge is 2.34. The van der Waals surface area contributed by atoms with Crippen LogP contribution in [0.25, 0.3) is 0 Å². The molecule has 3 aromatic carbocycles. The first-order valence-electron chi connectivity index (χ1n) is 16.3. The minimum atomic E-state index is -3.76. The van der Waals surface area contributed by atoms with Gasteiger partial charge in [0, 0.05) is 10.6 Å². The summed E-state index contributed by atoms with van der Waals surface area (Å²) in [6.45, 7) is 9.09. The molecular formula is C37H46N3O9P. The lowest BCUT2D eigenvalue weighted by atomic mass is 10.0. The van der Waals surface area contributed by atoms with Crippen LogP contribution in [-0.2, 0) is 44.3 Å². The van der Waals surface area contributed by atoms with Crippen LogP contribution in [0, 0.1) is 5.92 Å². The highest BCUT2D eigenvalue weighted by molar-refractivity contribution is 7.74. The fourth-order valence-electron chi connectivity index (χ4n) is 4.69. The molecule has 3 atom stereocenters. The minimum Gasteiger partial charge on any atom is -0.460 e. The first-order chi connectivity index (χ1) is 23.6. The molecule has 0 unspecified atom stereocenters. The number of benzene rings is 3. The Morgan fingerprint density at radius 2 is 1.24 bits per heavy atom. The minimum absolute atomic E-state index is 0.000841. The topological polar surface area (TPSA) is 166 Å². The van der Waals surface area contributed by atoms with Crippen LogP contribution in [0.2, 0.25) is 0 Å². The number of amides is 3. The van der Waals surface area contributed by atoms with Gasteiger partial charge >= 0.3 is 12.1 Å². The van der Waals surface area contributed by atoms with Crippen LogP contribution in [0.1, 0.15) is 53.5 Å². The van der Waals surface area contributed by atoms with Gasteiger partial charge in [-0.05, 0) is 63.4 Å². The van der Waals surface area contributed by atoms with Crippen molar-refractivity contribution in [1.29, 1.82) is 0 Å². The van der Waals surface area contributed by atoms with Gasteiger partial charge in [-0.15, -0.1) is 0 Å². The summed E-state index contributed by atoms with van der Waals surface area (Å²) in [5, 5.41) is 8.32. The average Bonchev–Trinajstić information content (AvgIpc) is 3.08. The van der Waals surface area contributed by atoms with Gasteiger partial charge in [0.2, 0.25) is 11.8 Å². The Balaban J connectivity index is 1.72. The zero-order chi connectivity index (χ0) is 36.9. The summed E-state index contributed by atoms with van der Waals surface area (Å²) >= 11 is 0. The number of rotatable bonds is 16. The lowest BCUT2D eigenvalue weighted by Crippen LogP contribution is -2.56. The van der Waals surface area contributed by atoms with Crippen molar-refractivity contribution in [2.75, 3.05) is 6.61 Å². The molecule has 0 aliphatic carbocycles. The summed E-state index contributed by atoms with van der Waals surface area (Å²) in [5.41, 5.74) is -0.105. The zero-order valence-corrected chi connectivity index (χ0v) is 30.1. The molecule has 268 valence electrons. The van der Waals surface area contributed by atoms with Crippen LogP contribution < -0.4 is 26.6 Å². The molecule has 3 aromatic rings. The molecule has 0 aliphatic rings. The SMILES string of the molecule is CC(C)[C@H](NC(=O)OCc1ccccc1)C(=O)N[C@@H](C)C(=O)N[C@@H](CC(=O)OC(C)(C)C)C(=O)COP(=O)(c1ccccc1)c1ccccc1. The molecule has 3 rings (SSSR count). The monoisotopic (exact) mass is 707 g/mol. The van der Waals surface area contributed by atoms with E-state index in [0.29, 0.717) is 10.6 Å². The molecule has 0 bridgehead atoms. The molecule has 0 saturated carbocycles. The van der Waals surface area contributed by atoms with Crippen molar-refractivity contribution >= 4 is 47.6 Å². The van der Waals surface area contributed by atoms with Crippen LogP contribution in [0.3, 0.4) is 0 Å². The van der Waals surface area contributed by atoms with Crippen molar-refractivity contribution in [2.24, 2.45) is 5.92 Å². The number of Topliss-reactive ketones (excluding diaryl/α,β-unsaturated/α-hetero) is 1. The third-order valence-corrected chi connectivity index (χ3v) is 9.71.